The van der Waals surface area contributed by atoms with Gasteiger partial charge < -0.3 is 15.3 Å². The minimum atomic E-state index is -0.328. The van der Waals surface area contributed by atoms with Crippen LogP contribution in [0.2, 0.25) is 0 Å². The van der Waals surface area contributed by atoms with Crippen LogP contribution < -0.4 is 5.32 Å². The van der Waals surface area contributed by atoms with Crippen molar-refractivity contribution in [3.63, 3.8) is 0 Å². The van der Waals surface area contributed by atoms with Crippen LogP contribution >= 0.6 is 0 Å². The Kier molecular flexibility index (Phi) is 3.50. The SMILES string of the molecule is CC(=O)N1CC(NC2CC2)CC(C(C)O)C1. The third kappa shape index (κ3) is 2.95. The number of nitrogens with one attached hydrogen (secondary N) is 1. The highest BCUT2D eigenvalue weighted by Gasteiger charge is 2.33. The molecule has 0 aromatic rings. The molecular weight excluding hydrogens is 204 g/mol. The van der Waals surface area contributed by atoms with Gasteiger partial charge in [-0.3, -0.25) is 4.79 Å². The molecule has 0 aromatic heterocycles. The summed E-state index contributed by atoms with van der Waals surface area (Å²) >= 11 is 0. The van der Waals surface area contributed by atoms with E-state index >= 15 is 0 Å². The van der Waals surface area contributed by atoms with Crippen LogP contribution in [0.4, 0.5) is 0 Å². The van der Waals surface area contributed by atoms with Gasteiger partial charge in [0.25, 0.3) is 0 Å². The van der Waals surface area contributed by atoms with Crippen LogP contribution in [0.1, 0.15) is 33.1 Å². The van der Waals surface area contributed by atoms with E-state index in [9.17, 15) is 9.90 Å². The molecule has 0 spiro atoms. The van der Waals surface area contributed by atoms with E-state index in [-0.39, 0.29) is 17.9 Å². The van der Waals surface area contributed by atoms with E-state index < -0.39 is 0 Å². The summed E-state index contributed by atoms with van der Waals surface area (Å²) in [5.41, 5.74) is 0. The number of nitrogens with zero attached hydrogens (tertiary/aromatic N) is 1. The second-order valence-electron chi connectivity index (χ2n) is 5.30. The van der Waals surface area contributed by atoms with Crippen molar-refractivity contribution in [3.8, 4) is 0 Å². The van der Waals surface area contributed by atoms with Crippen molar-refractivity contribution in [2.75, 3.05) is 13.1 Å². The fraction of sp³-hybridized carbons (Fsp3) is 0.917. The van der Waals surface area contributed by atoms with Gasteiger partial charge in [0.15, 0.2) is 0 Å². The molecule has 4 heteroatoms. The normalized spacial score (nSPS) is 32.6. The summed E-state index contributed by atoms with van der Waals surface area (Å²) in [4.78, 5) is 13.3. The number of rotatable bonds is 3. The topological polar surface area (TPSA) is 52.6 Å². The molecule has 1 saturated carbocycles. The van der Waals surface area contributed by atoms with E-state index in [0.717, 1.165) is 13.0 Å². The lowest BCUT2D eigenvalue weighted by molar-refractivity contribution is -0.132. The molecule has 3 atom stereocenters. The lowest BCUT2D eigenvalue weighted by Gasteiger charge is -2.39. The van der Waals surface area contributed by atoms with Gasteiger partial charge in [-0.25, -0.2) is 0 Å². The Bertz CT molecular complexity index is 264. The van der Waals surface area contributed by atoms with Crippen LogP contribution in [-0.2, 0) is 4.79 Å². The number of amides is 1. The van der Waals surface area contributed by atoms with Gasteiger partial charge in [-0.05, 0) is 26.2 Å². The molecule has 4 nitrogen and oxygen atoms in total. The highest BCUT2D eigenvalue weighted by atomic mass is 16.3. The molecule has 2 fully saturated rings. The molecule has 0 radical (unpaired) electrons. The Morgan fingerprint density at radius 3 is 2.56 bits per heavy atom. The summed E-state index contributed by atoms with van der Waals surface area (Å²) in [6, 6.07) is 1.02. The summed E-state index contributed by atoms with van der Waals surface area (Å²) in [5.74, 6) is 0.335. The Morgan fingerprint density at radius 2 is 2.06 bits per heavy atom. The highest BCUT2D eigenvalue weighted by Crippen LogP contribution is 2.25. The molecule has 0 bridgehead atoms. The zero-order chi connectivity index (χ0) is 11.7. The first-order chi connectivity index (χ1) is 7.56. The summed E-state index contributed by atoms with van der Waals surface area (Å²) in [7, 11) is 0. The third-order valence-electron chi connectivity index (χ3n) is 3.66. The third-order valence-corrected chi connectivity index (χ3v) is 3.66. The van der Waals surface area contributed by atoms with Crippen molar-refractivity contribution in [1.29, 1.82) is 0 Å². The molecule has 1 heterocycles. The summed E-state index contributed by atoms with van der Waals surface area (Å²) in [6.07, 6.45) is 3.18. The minimum absolute atomic E-state index is 0.118. The van der Waals surface area contributed by atoms with Gasteiger partial charge in [0.1, 0.15) is 0 Å². The van der Waals surface area contributed by atoms with Gasteiger partial charge in [0.05, 0.1) is 6.10 Å². The molecule has 2 aliphatic rings. The lowest BCUT2D eigenvalue weighted by atomic mass is 9.90. The summed E-state index contributed by atoms with van der Waals surface area (Å²) in [5, 5.41) is 13.2. The maximum Gasteiger partial charge on any atom is 0.219 e. The van der Waals surface area contributed by atoms with Gasteiger partial charge in [-0.1, -0.05) is 0 Å². The first-order valence-corrected chi connectivity index (χ1v) is 6.26. The van der Waals surface area contributed by atoms with E-state index in [1.54, 1.807) is 6.92 Å². The Balaban J connectivity index is 1.94. The van der Waals surface area contributed by atoms with Gasteiger partial charge in [-0.15, -0.1) is 0 Å². The molecule has 2 N–H and O–H groups in total. The number of likely N-dealkylation sites (tertiary alicyclic amines) is 1. The molecule has 0 aromatic carbocycles. The quantitative estimate of drug-likeness (QED) is 0.730. The van der Waals surface area contributed by atoms with Crippen molar-refractivity contribution >= 4 is 5.91 Å². The highest BCUT2D eigenvalue weighted by molar-refractivity contribution is 5.73. The molecular formula is C12H22N2O2. The van der Waals surface area contributed by atoms with Gasteiger partial charge in [-0.2, -0.15) is 0 Å². The smallest absolute Gasteiger partial charge is 0.219 e. The Hall–Kier alpha value is -0.610. The number of hydrogen-bond acceptors (Lipinski definition) is 3. The van der Waals surface area contributed by atoms with Crippen LogP contribution in [0.3, 0.4) is 0 Å². The van der Waals surface area contributed by atoms with Crippen molar-refractivity contribution in [1.82, 2.24) is 10.2 Å². The van der Waals surface area contributed by atoms with Gasteiger partial charge >= 0.3 is 0 Å². The first-order valence-electron chi connectivity index (χ1n) is 6.26. The van der Waals surface area contributed by atoms with Crippen LogP contribution in [0.25, 0.3) is 0 Å². The van der Waals surface area contributed by atoms with Crippen molar-refractivity contribution in [3.05, 3.63) is 0 Å². The maximum absolute atomic E-state index is 11.4. The molecule has 1 amide bonds. The molecule has 2 rings (SSSR count). The second kappa shape index (κ2) is 4.72. The van der Waals surface area contributed by atoms with E-state index in [1.807, 2.05) is 11.8 Å². The number of piperidine rings is 1. The van der Waals surface area contributed by atoms with Crippen LogP contribution in [0, 0.1) is 5.92 Å². The largest absolute Gasteiger partial charge is 0.393 e. The fourth-order valence-electron chi connectivity index (χ4n) is 2.45. The molecule has 3 unspecified atom stereocenters. The van der Waals surface area contributed by atoms with Crippen molar-refractivity contribution in [2.24, 2.45) is 5.92 Å². The molecule has 92 valence electrons. The molecule has 1 saturated heterocycles. The number of carbonyl (C=O) groups excluding carboxylic acids is 1. The molecule has 16 heavy (non-hydrogen) atoms. The summed E-state index contributed by atoms with van der Waals surface area (Å²) in [6.45, 7) is 4.94. The van der Waals surface area contributed by atoms with E-state index in [4.69, 9.17) is 0 Å². The number of aliphatic hydroxyl groups excluding tert-OH is 1. The first kappa shape index (κ1) is 11.9. The maximum atomic E-state index is 11.4. The van der Waals surface area contributed by atoms with Crippen molar-refractivity contribution < 1.29 is 9.90 Å². The number of carbonyl (C=O) groups is 1. The fourth-order valence-corrected chi connectivity index (χ4v) is 2.45. The second-order valence-corrected chi connectivity index (χ2v) is 5.30. The van der Waals surface area contributed by atoms with Gasteiger partial charge in [0, 0.05) is 38.0 Å². The van der Waals surface area contributed by atoms with Crippen LogP contribution in [-0.4, -0.2) is 47.2 Å². The monoisotopic (exact) mass is 226 g/mol. The van der Waals surface area contributed by atoms with E-state index in [2.05, 4.69) is 5.32 Å². The molecule has 1 aliphatic heterocycles. The van der Waals surface area contributed by atoms with E-state index in [1.165, 1.54) is 12.8 Å². The van der Waals surface area contributed by atoms with Crippen molar-refractivity contribution in [2.45, 2.75) is 51.3 Å². The average Bonchev–Trinajstić information content (AvgIpc) is 3.01. The van der Waals surface area contributed by atoms with Crippen LogP contribution in [0.5, 0.6) is 0 Å². The number of hydrogen-bond donors (Lipinski definition) is 2. The van der Waals surface area contributed by atoms with Gasteiger partial charge in [0.2, 0.25) is 5.91 Å². The standard InChI is InChI=1S/C12H22N2O2/c1-8(15)10-5-12(13-11-3-4-11)7-14(6-10)9(2)16/h8,10-13,15H,3-7H2,1-2H3. The van der Waals surface area contributed by atoms with Crippen LogP contribution in [0.15, 0.2) is 0 Å². The summed E-state index contributed by atoms with van der Waals surface area (Å²) < 4.78 is 0. The Labute approximate surface area is 97.0 Å². The minimum Gasteiger partial charge on any atom is -0.393 e. The average molecular weight is 226 g/mol. The predicted octanol–water partition coefficient (Wildman–Crippen LogP) is 0.356. The van der Waals surface area contributed by atoms with E-state index in [0.29, 0.717) is 18.6 Å². The zero-order valence-corrected chi connectivity index (χ0v) is 10.1. The zero-order valence-electron chi connectivity index (χ0n) is 10.1. The molecule has 1 aliphatic carbocycles. The predicted molar refractivity (Wildman–Crippen MR) is 62.0 cm³/mol. The Morgan fingerprint density at radius 1 is 1.38 bits per heavy atom. The lowest BCUT2D eigenvalue weighted by Crippen LogP contribution is -2.53. The number of aliphatic hydroxyl groups is 1.